The second-order valence-corrected chi connectivity index (χ2v) is 7.80. The van der Waals surface area contributed by atoms with E-state index in [0.717, 1.165) is 19.5 Å². The van der Waals surface area contributed by atoms with Gasteiger partial charge in [0.2, 0.25) is 0 Å². The molecule has 1 aliphatic rings. The number of rotatable bonds is 4. The number of likely N-dealkylation sites (tertiary alicyclic amines) is 1. The van der Waals surface area contributed by atoms with Crippen LogP contribution < -0.4 is 5.73 Å². The lowest BCUT2D eigenvalue weighted by molar-refractivity contribution is 0.149. The first-order valence-electron chi connectivity index (χ1n) is 8.16. The molecule has 2 N–H and O–H groups in total. The fourth-order valence-electron chi connectivity index (χ4n) is 3.60. The highest BCUT2D eigenvalue weighted by molar-refractivity contribution is 7.09. The molecule has 0 bridgehead atoms. The Morgan fingerprint density at radius 1 is 1.23 bits per heavy atom. The lowest BCUT2D eigenvalue weighted by Crippen LogP contribution is -2.47. The van der Waals surface area contributed by atoms with Crippen LogP contribution >= 0.6 is 11.3 Å². The Kier molecular flexibility index (Phi) is 4.97. The molecule has 3 rings (SSSR count). The van der Waals surface area contributed by atoms with E-state index in [1.807, 2.05) is 11.3 Å². The van der Waals surface area contributed by atoms with Gasteiger partial charge in [-0.15, -0.1) is 11.3 Å². The van der Waals surface area contributed by atoms with E-state index >= 15 is 0 Å². The van der Waals surface area contributed by atoms with E-state index in [4.69, 9.17) is 5.73 Å². The van der Waals surface area contributed by atoms with Crippen molar-refractivity contribution in [1.29, 1.82) is 0 Å². The Bertz CT molecular complexity index is 606. The maximum absolute atomic E-state index is 6.32. The van der Waals surface area contributed by atoms with Crippen molar-refractivity contribution in [3.05, 3.63) is 57.3 Å². The molecular weight excluding hydrogens is 288 g/mol. The lowest BCUT2D eigenvalue weighted by Gasteiger charge is -2.36. The molecule has 118 valence electrons. The molecule has 3 heteroatoms. The summed E-state index contributed by atoms with van der Waals surface area (Å²) in [5.74, 6) is 0.688. The SMILES string of the molecule is Cc1ccc(CN2CC(N)CC(Cc3cccs3)C2)c(C)c1. The summed E-state index contributed by atoms with van der Waals surface area (Å²) < 4.78 is 0. The average Bonchev–Trinajstić information content (AvgIpc) is 2.94. The van der Waals surface area contributed by atoms with Gasteiger partial charge in [-0.1, -0.05) is 29.8 Å². The van der Waals surface area contributed by atoms with E-state index in [9.17, 15) is 0 Å². The standard InChI is InChI=1S/C19H26N2S/c1-14-5-6-17(15(2)8-14)12-21-11-16(9-18(20)13-21)10-19-4-3-7-22-19/h3-8,16,18H,9-13,20H2,1-2H3. The van der Waals surface area contributed by atoms with Crippen LogP contribution in [0.5, 0.6) is 0 Å². The summed E-state index contributed by atoms with van der Waals surface area (Å²) in [4.78, 5) is 4.04. The molecule has 2 unspecified atom stereocenters. The minimum Gasteiger partial charge on any atom is -0.327 e. The van der Waals surface area contributed by atoms with Gasteiger partial charge in [-0.2, -0.15) is 0 Å². The summed E-state index contributed by atoms with van der Waals surface area (Å²) in [7, 11) is 0. The van der Waals surface area contributed by atoms with Gasteiger partial charge in [-0.3, -0.25) is 4.90 Å². The van der Waals surface area contributed by atoms with Crippen molar-refractivity contribution in [2.75, 3.05) is 13.1 Å². The van der Waals surface area contributed by atoms with Crippen LogP contribution in [0.3, 0.4) is 0 Å². The van der Waals surface area contributed by atoms with Crippen molar-refractivity contribution in [2.45, 2.75) is 39.3 Å². The minimum absolute atomic E-state index is 0.310. The quantitative estimate of drug-likeness (QED) is 0.931. The van der Waals surface area contributed by atoms with E-state index in [2.05, 4.69) is 54.5 Å². The monoisotopic (exact) mass is 314 g/mol. The summed E-state index contributed by atoms with van der Waals surface area (Å²) in [5, 5.41) is 2.17. The fourth-order valence-corrected chi connectivity index (χ4v) is 4.42. The van der Waals surface area contributed by atoms with E-state index < -0.39 is 0 Å². The van der Waals surface area contributed by atoms with Gasteiger partial charge in [0.25, 0.3) is 0 Å². The third-order valence-electron chi connectivity index (χ3n) is 4.61. The second-order valence-electron chi connectivity index (χ2n) is 6.77. The van der Waals surface area contributed by atoms with Crippen LogP contribution in [-0.4, -0.2) is 24.0 Å². The van der Waals surface area contributed by atoms with Gasteiger partial charge in [0.05, 0.1) is 0 Å². The van der Waals surface area contributed by atoms with Crippen LogP contribution in [-0.2, 0) is 13.0 Å². The minimum atomic E-state index is 0.310. The lowest BCUT2D eigenvalue weighted by atomic mass is 9.91. The normalized spacial score (nSPS) is 22.9. The summed E-state index contributed by atoms with van der Waals surface area (Å²) in [5.41, 5.74) is 10.5. The van der Waals surface area contributed by atoms with Crippen molar-refractivity contribution in [1.82, 2.24) is 4.90 Å². The topological polar surface area (TPSA) is 29.3 Å². The van der Waals surface area contributed by atoms with Crippen molar-refractivity contribution in [3.63, 3.8) is 0 Å². The van der Waals surface area contributed by atoms with E-state index in [0.29, 0.717) is 12.0 Å². The maximum atomic E-state index is 6.32. The number of aryl methyl sites for hydroxylation is 2. The molecule has 22 heavy (non-hydrogen) atoms. The number of benzene rings is 1. The predicted molar refractivity (Wildman–Crippen MR) is 95.3 cm³/mol. The van der Waals surface area contributed by atoms with Crippen LogP contribution in [0.4, 0.5) is 0 Å². The molecular formula is C19H26N2S. The van der Waals surface area contributed by atoms with Crippen molar-refractivity contribution in [2.24, 2.45) is 11.7 Å². The highest BCUT2D eigenvalue weighted by atomic mass is 32.1. The molecule has 1 aromatic carbocycles. The van der Waals surface area contributed by atoms with Crippen molar-refractivity contribution >= 4 is 11.3 Å². The van der Waals surface area contributed by atoms with Crippen LogP contribution in [0.2, 0.25) is 0 Å². The Morgan fingerprint density at radius 2 is 2.09 bits per heavy atom. The first kappa shape index (κ1) is 15.7. The summed E-state index contributed by atoms with van der Waals surface area (Å²) in [6, 6.07) is 11.5. The van der Waals surface area contributed by atoms with Gasteiger partial charge < -0.3 is 5.73 Å². The first-order chi connectivity index (χ1) is 10.6. The van der Waals surface area contributed by atoms with Gasteiger partial charge in [0, 0.05) is 30.6 Å². The highest BCUT2D eigenvalue weighted by Gasteiger charge is 2.25. The summed E-state index contributed by atoms with van der Waals surface area (Å²) >= 11 is 1.87. The van der Waals surface area contributed by atoms with Crippen LogP contribution in [0.25, 0.3) is 0 Å². The first-order valence-corrected chi connectivity index (χ1v) is 9.04. The van der Waals surface area contributed by atoms with E-state index in [1.54, 1.807) is 0 Å². The third kappa shape index (κ3) is 3.97. The average molecular weight is 314 g/mol. The van der Waals surface area contributed by atoms with Crippen LogP contribution in [0.15, 0.2) is 35.7 Å². The predicted octanol–water partition coefficient (Wildman–Crippen LogP) is 3.76. The Balaban J connectivity index is 1.65. The van der Waals surface area contributed by atoms with E-state index in [-0.39, 0.29) is 0 Å². The molecule has 1 fully saturated rings. The number of nitrogens with two attached hydrogens (primary N) is 1. The van der Waals surface area contributed by atoms with Gasteiger partial charge >= 0.3 is 0 Å². The van der Waals surface area contributed by atoms with Crippen LogP contribution in [0, 0.1) is 19.8 Å². The van der Waals surface area contributed by atoms with Gasteiger partial charge in [0.15, 0.2) is 0 Å². The maximum Gasteiger partial charge on any atom is 0.0237 e. The number of hydrogen-bond acceptors (Lipinski definition) is 3. The Labute approximate surface area is 138 Å². The Hall–Kier alpha value is -1.16. The molecule has 1 aromatic heterocycles. The molecule has 2 heterocycles. The van der Waals surface area contributed by atoms with Gasteiger partial charge in [-0.25, -0.2) is 0 Å². The molecule has 2 aromatic rings. The number of thiophene rings is 1. The molecule has 0 spiro atoms. The molecule has 1 aliphatic heterocycles. The van der Waals surface area contributed by atoms with Crippen LogP contribution in [0.1, 0.15) is 28.0 Å². The molecule has 0 amide bonds. The van der Waals surface area contributed by atoms with E-state index in [1.165, 1.54) is 34.5 Å². The molecule has 0 saturated carbocycles. The summed E-state index contributed by atoms with van der Waals surface area (Å²) in [6.07, 6.45) is 2.33. The van der Waals surface area contributed by atoms with Gasteiger partial charge in [-0.05, 0) is 55.2 Å². The zero-order chi connectivity index (χ0) is 15.5. The molecule has 2 nitrogen and oxygen atoms in total. The Morgan fingerprint density at radius 3 is 2.82 bits per heavy atom. The third-order valence-corrected chi connectivity index (χ3v) is 5.51. The van der Waals surface area contributed by atoms with Crippen molar-refractivity contribution < 1.29 is 0 Å². The summed E-state index contributed by atoms with van der Waals surface area (Å²) in [6.45, 7) is 7.59. The smallest absolute Gasteiger partial charge is 0.0237 e. The molecule has 1 saturated heterocycles. The zero-order valence-corrected chi connectivity index (χ0v) is 14.4. The second kappa shape index (κ2) is 6.95. The number of nitrogens with zero attached hydrogens (tertiary/aromatic N) is 1. The fraction of sp³-hybridized carbons (Fsp3) is 0.474. The largest absolute Gasteiger partial charge is 0.327 e. The van der Waals surface area contributed by atoms with Gasteiger partial charge in [0.1, 0.15) is 0 Å². The molecule has 0 aliphatic carbocycles. The zero-order valence-electron chi connectivity index (χ0n) is 13.6. The number of hydrogen-bond donors (Lipinski definition) is 1. The molecule has 2 atom stereocenters. The number of piperidine rings is 1. The van der Waals surface area contributed by atoms with Crippen molar-refractivity contribution in [3.8, 4) is 0 Å². The molecule has 0 radical (unpaired) electrons. The highest BCUT2D eigenvalue weighted by Crippen LogP contribution is 2.24.